The number of benzene rings is 2. The van der Waals surface area contributed by atoms with Crippen LogP contribution in [0.3, 0.4) is 0 Å². The van der Waals surface area contributed by atoms with Gasteiger partial charge in [0, 0.05) is 12.5 Å². The van der Waals surface area contributed by atoms with E-state index in [1.54, 1.807) is 47.4 Å². The average molecular weight is 468 g/mol. The van der Waals surface area contributed by atoms with Crippen LogP contribution in [-0.2, 0) is 17.9 Å². The predicted octanol–water partition coefficient (Wildman–Crippen LogP) is 3.22. The van der Waals surface area contributed by atoms with Gasteiger partial charge in [-0.1, -0.05) is 35.9 Å². The number of nitrogens with one attached hydrogen (secondary N) is 1. The van der Waals surface area contributed by atoms with Gasteiger partial charge in [0.05, 0.1) is 34.4 Å². The summed E-state index contributed by atoms with van der Waals surface area (Å²) in [6, 6.07) is 13.5. The van der Waals surface area contributed by atoms with Gasteiger partial charge in [-0.05, 0) is 38.1 Å². The summed E-state index contributed by atoms with van der Waals surface area (Å²) in [7, 11) is 0. The van der Waals surface area contributed by atoms with Crippen LogP contribution in [0.4, 0.5) is 0 Å². The van der Waals surface area contributed by atoms with Gasteiger partial charge in [0.15, 0.2) is 0 Å². The first-order chi connectivity index (χ1) is 15.8. The molecule has 4 rings (SSSR count). The number of H-pyrrole nitrogens is 1. The highest BCUT2D eigenvalue weighted by atomic mass is 35.5. The molecule has 2 heterocycles. The third kappa shape index (κ3) is 4.73. The second-order valence-electron chi connectivity index (χ2n) is 7.79. The van der Waals surface area contributed by atoms with Gasteiger partial charge in [-0.3, -0.25) is 19.5 Å². The molecule has 4 aromatic rings. The van der Waals surface area contributed by atoms with E-state index in [2.05, 4.69) is 15.3 Å². The molecule has 1 amide bonds. The molecule has 9 nitrogen and oxygen atoms in total. The van der Waals surface area contributed by atoms with Gasteiger partial charge >= 0.3 is 0 Å². The van der Waals surface area contributed by atoms with Crippen molar-refractivity contribution in [2.75, 3.05) is 0 Å². The van der Waals surface area contributed by atoms with Crippen LogP contribution in [0.25, 0.3) is 22.2 Å². The van der Waals surface area contributed by atoms with Crippen LogP contribution in [0, 0.1) is 0 Å². The molecule has 0 saturated heterocycles. The van der Waals surface area contributed by atoms with Crippen LogP contribution in [0.2, 0.25) is 5.02 Å². The molecule has 0 aliphatic rings. The highest BCUT2D eigenvalue weighted by Crippen LogP contribution is 2.26. The van der Waals surface area contributed by atoms with E-state index in [4.69, 9.17) is 16.0 Å². The molecule has 0 saturated carbocycles. The highest BCUT2D eigenvalue weighted by Gasteiger charge is 2.21. The molecule has 2 aromatic heterocycles. The molecular formula is C23H22ClN5O4. The lowest BCUT2D eigenvalue weighted by Crippen LogP contribution is -2.38. The first-order valence-electron chi connectivity index (χ1n) is 10.4. The fourth-order valence-electron chi connectivity index (χ4n) is 3.52. The van der Waals surface area contributed by atoms with E-state index >= 15 is 0 Å². The predicted molar refractivity (Wildman–Crippen MR) is 124 cm³/mol. The van der Waals surface area contributed by atoms with Gasteiger partial charge in [0.2, 0.25) is 17.7 Å². The number of fused-ring (bicyclic) bond motifs is 1. The van der Waals surface area contributed by atoms with E-state index in [0.717, 1.165) is 0 Å². The first kappa shape index (κ1) is 22.5. The Morgan fingerprint density at radius 1 is 1.09 bits per heavy atom. The number of aryl methyl sites for hydroxylation is 1. The van der Waals surface area contributed by atoms with Crippen molar-refractivity contribution in [3.63, 3.8) is 0 Å². The van der Waals surface area contributed by atoms with Crippen molar-refractivity contribution in [2.45, 2.75) is 39.4 Å². The maximum atomic E-state index is 13.0. The third-order valence-corrected chi connectivity index (χ3v) is 5.58. The quantitative estimate of drug-likeness (QED) is 0.446. The van der Waals surface area contributed by atoms with Crippen LogP contribution in [0.15, 0.2) is 62.5 Å². The number of aromatic nitrogens is 4. The molecule has 0 unspecified atom stereocenters. The normalized spacial score (nSPS) is 11.3. The van der Waals surface area contributed by atoms with E-state index in [-0.39, 0.29) is 54.4 Å². The summed E-state index contributed by atoms with van der Waals surface area (Å²) >= 11 is 6.19. The first-order valence-corrected chi connectivity index (χ1v) is 10.8. The molecule has 2 aromatic carbocycles. The molecule has 0 aliphatic carbocycles. The number of amides is 1. The standard InChI is InChI=1S/C23H22ClN5O4/c1-14(2)28(13-19-25-26-22(33-19)17-9-5-6-10-18(17)24)20(30)11-12-29-23(32)16-8-4-3-7-15(16)21(31)27-29/h3-10,14H,11-13H2,1-2H3,(H,27,31). The molecular weight excluding hydrogens is 446 g/mol. The van der Waals surface area contributed by atoms with Crippen LogP contribution >= 0.6 is 11.6 Å². The lowest BCUT2D eigenvalue weighted by Gasteiger charge is -2.25. The molecule has 0 spiro atoms. The molecule has 0 fully saturated rings. The van der Waals surface area contributed by atoms with Crippen molar-refractivity contribution in [3.05, 3.63) is 80.2 Å². The minimum absolute atomic E-state index is 0.0118. The van der Waals surface area contributed by atoms with Gasteiger partial charge in [-0.25, -0.2) is 4.68 Å². The third-order valence-electron chi connectivity index (χ3n) is 5.25. The fraction of sp³-hybridized carbons (Fsp3) is 0.261. The number of aromatic amines is 1. The Labute approximate surface area is 193 Å². The summed E-state index contributed by atoms with van der Waals surface area (Å²) in [5, 5.41) is 11.7. The Balaban J connectivity index is 1.49. The lowest BCUT2D eigenvalue weighted by molar-refractivity contribution is -0.134. The Bertz CT molecular complexity index is 1420. The van der Waals surface area contributed by atoms with Crippen LogP contribution in [-0.4, -0.2) is 36.8 Å². The van der Waals surface area contributed by atoms with Crippen molar-refractivity contribution in [3.8, 4) is 11.5 Å². The Kier molecular flexibility index (Phi) is 6.41. The zero-order valence-electron chi connectivity index (χ0n) is 18.1. The van der Waals surface area contributed by atoms with Gasteiger partial charge in [0.1, 0.15) is 0 Å². The Hall–Kier alpha value is -3.72. The average Bonchev–Trinajstić information content (AvgIpc) is 3.27. The number of rotatable bonds is 7. The lowest BCUT2D eigenvalue weighted by atomic mass is 10.2. The summed E-state index contributed by atoms with van der Waals surface area (Å²) in [6.07, 6.45) is 0.0118. The summed E-state index contributed by atoms with van der Waals surface area (Å²) in [6.45, 7) is 3.88. The van der Waals surface area contributed by atoms with Crippen LogP contribution in [0.5, 0.6) is 0 Å². The number of carbonyl (C=O) groups is 1. The number of halogens is 1. The topological polar surface area (TPSA) is 114 Å². The molecule has 33 heavy (non-hydrogen) atoms. The minimum Gasteiger partial charge on any atom is -0.419 e. The molecule has 0 aliphatic heterocycles. The second kappa shape index (κ2) is 9.41. The monoisotopic (exact) mass is 467 g/mol. The maximum Gasteiger partial charge on any atom is 0.273 e. The summed E-state index contributed by atoms with van der Waals surface area (Å²) in [4.78, 5) is 39.5. The maximum absolute atomic E-state index is 13.0. The van der Waals surface area contributed by atoms with Gasteiger partial charge in [-0.2, -0.15) is 0 Å². The van der Waals surface area contributed by atoms with E-state index in [9.17, 15) is 14.4 Å². The molecule has 0 radical (unpaired) electrons. The zero-order valence-corrected chi connectivity index (χ0v) is 18.9. The Morgan fingerprint density at radius 2 is 1.79 bits per heavy atom. The van der Waals surface area contributed by atoms with E-state index in [0.29, 0.717) is 21.4 Å². The highest BCUT2D eigenvalue weighted by molar-refractivity contribution is 6.33. The molecule has 0 atom stereocenters. The Morgan fingerprint density at radius 3 is 2.52 bits per heavy atom. The number of hydrogen-bond donors (Lipinski definition) is 1. The van der Waals surface area contributed by atoms with Gasteiger partial charge < -0.3 is 9.32 Å². The molecule has 170 valence electrons. The SMILES string of the molecule is CC(C)N(Cc1nnc(-c2ccccc2Cl)o1)C(=O)CCn1[nH]c(=O)c2ccccc2c1=O. The molecule has 1 N–H and O–H groups in total. The second-order valence-corrected chi connectivity index (χ2v) is 8.20. The number of nitrogens with zero attached hydrogens (tertiary/aromatic N) is 4. The van der Waals surface area contributed by atoms with E-state index in [1.807, 2.05) is 19.9 Å². The van der Waals surface area contributed by atoms with Crippen LogP contribution in [0.1, 0.15) is 26.2 Å². The molecule has 0 bridgehead atoms. The van der Waals surface area contributed by atoms with Crippen molar-refractivity contribution in [1.29, 1.82) is 0 Å². The van der Waals surface area contributed by atoms with E-state index in [1.165, 1.54) is 4.68 Å². The number of hydrogen-bond acceptors (Lipinski definition) is 6. The fourth-order valence-corrected chi connectivity index (χ4v) is 3.74. The van der Waals surface area contributed by atoms with Crippen molar-refractivity contribution in [2.24, 2.45) is 0 Å². The smallest absolute Gasteiger partial charge is 0.273 e. The van der Waals surface area contributed by atoms with E-state index < -0.39 is 0 Å². The summed E-state index contributed by atoms with van der Waals surface area (Å²) in [5.41, 5.74) is -0.119. The van der Waals surface area contributed by atoms with Crippen LogP contribution < -0.4 is 11.1 Å². The van der Waals surface area contributed by atoms with Crippen molar-refractivity contribution < 1.29 is 9.21 Å². The van der Waals surface area contributed by atoms with Gasteiger partial charge in [0.25, 0.3) is 11.1 Å². The zero-order chi connectivity index (χ0) is 23.5. The summed E-state index contributed by atoms with van der Waals surface area (Å²) < 4.78 is 6.89. The number of carbonyl (C=O) groups excluding carboxylic acids is 1. The molecule has 10 heteroatoms. The minimum atomic E-state index is -0.378. The van der Waals surface area contributed by atoms with Crippen molar-refractivity contribution >= 4 is 28.3 Å². The van der Waals surface area contributed by atoms with Gasteiger partial charge in [-0.15, -0.1) is 10.2 Å². The van der Waals surface area contributed by atoms with Crippen molar-refractivity contribution in [1.82, 2.24) is 24.9 Å². The largest absolute Gasteiger partial charge is 0.419 e. The summed E-state index contributed by atoms with van der Waals surface area (Å²) in [5.74, 6) is 0.318.